The lowest BCUT2D eigenvalue weighted by Gasteiger charge is -2.47. The number of hydrogen-bond acceptors (Lipinski definition) is 18. The molecule has 20 heteroatoms. The number of nitrogens with two attached hydrogens (primary N) is 2. The number of rotatable bonds is 10. The third-order valence-corrected chi connectivity index (χ3v) is 13.9. The molecule has 5 heterocycles. The van der Waals surface area contributed by atoms with Gasteiger partial charge < -0.3 is 50.0 Å². The van der Waals surface area contributed by atoms with Crippen molar-refractivity contribution in [1.29, 1.82) is 0 Å². The van der Waals surface area contributed by atoms with Crippen molar-refractivity contribution in [3.63, 3.8) is 0 Å². The summed E-state index contributed by atoms with van der Waals surface area (Å²) in [6, 6.07) is 4.71. The number of alkyl halides is 1. The summed E-state index contributed by atoms with van der Waals surface area (Å²) < 4.78 is 47.4. The van der Waals surface area contributed by atoms with E-state index in [1.807, 2.05) is 11.8 Å². The number of aliphatic hydroxyl groups is 1. The minimum atomic E-state index is -3.25. The highest BCUT2D eigenvalue weighted by Gasteiger charge is 2.63. The second kappa shape index (κ2) is 18.9. The van der Waals surface area contributed by atoms with Gasteiger partial charge in [0.1, 0.15) is 35.4 Å². The van der Waals surface area contributed by atoms with Gasteiger partial charge in [0.05, 0.1) is 17.8 Å². The molecule has 0 aromatic carbocycles. The summed E-state index contributed by atoms with van der Waals surface area (Å²) in [6.45, 7) is 13.7. The molecule has 0 bridgehead atoms. The molecule has 0 aliphatic carbocycles. The van der Waals surface area contributed by atoms with Crippen molar-refractivity contribution < 1.29 is 57.2 Å². The molecule has 344 valence electrons. The second-order valence-corrected chi connectivity index (χ2v) is 18.7. The van der Waals surface area contributed by atoms with E-state index >= 15 is 4.39 Å². The van der Waals surface area contributed by atoms with Crippen LogP contribution < -0.4 is 11.5 Å². The number of cyclic esters (lactones) is 1. The third-order valence-electron chi connectivity index (χ3n) is 12.8. The molecule has 0 spiro atoms. The van der Waals surface area contributed by atoms with E-state index in [0.29, 0.717) is 27.9 Å². The molecule has 62 heavy (non-hydrogen) atoms. The number of carbonyl (C=O) groups excluding carboxylic acids is 4. The van der Waals surface area contributed by atoms with Gasteiger partial charge in [0.25, 0.3) is 5.67 Å². The fourth-order valence-corrected chi connectivity index (χ4v) is 10.1. The number of halogens is 1. The van der Waals surface area contributed by atoms with E-state index in [9.17, 15) is 24.3 Å². The first-order chi connectivity index (χ1) is 28.9. The van der Waals surface area contributed by atoms with Crippen LogP contribution in [0.5, 0.6) is 0 Å². The number of likely N-dealkylation sites (N-methyl/N-ethyl adjacent to an activating group) is 1. The van der Waals surface area contributed by atoms with E-state index in [1.54, 1.807) is 66.9 Å². The summed E-state index contributed by atoms with van der Waals surface area (Å²) in [5, 5.41) is 24.8. The maximum Gasteiger partial charge on any atom is 0.351 e. The quantitative estimate of drug-likeness (QED) is 0.101. The Bertz CT molecular complexity index is 2000. The lowest BCUT2D eigenvalue weighted by molar-refractivity contribution is -0.295. The van der Waals surface area contributed by atoms with E-state index in [2.05, 4.69) is 20.3 Å². The van der Waals surface area contributed by atoms with Crippen molar-refractivity contribution in [3.8, 4) is 10.7 Å². The van der Waals surface area contributed by atoms with Gasteiger partial charge in [-0.25, -0.2) is 14.2 Å². The number of pyridine rings is 1. The maximum absolute atomic E-state index is 17.0. The molecule has 3 aliphatic heterocycles. The Kier molecular flexibility index (Phi) is 14.9. The van der Waals surface area contributed by atoms with Crippen molar-refractivity contribution in [2.75, 3.05) is 26.9 Å². The van der Waals surface area contributed by atoms with E-state index in [1.165, 1.54) is 32.3 Å². The highest BCUT2D eigenvalue weighted by Crippen LogP contribution is 2.48. The largest absolute Gasteiger partial charge is 0.455 e. The minimum Gasteiger partial charge on any atom is -0.455 e. The fourth-order valence-electron chi connectivity index (χ4n) is 9.26. The molecular formula is C42H62FN7O11S. The van der Waals surface area contributed by atoms with Gasteiger partial charge in [-0.15, -0.1) is 10.2 Å². The topological polar surface area (TPSA) is 250 Å². The summed E-state index contributed by atoms with van der Waals surface area (Å²) in [5.41, 5.74) is 6.35. The first-order valence-electron chi connectivity index (χ1n) is 20.9. The number of aromatic nitrogens is 3. The zero-order valence-electron chi connectivity index (χ0n) is 37.5. The van der Waals surface area contributed by atoms with Gasteiger partial charge in [-0.05, 0) is 80.1 Å². The van der Waals surface area contributed by atoms with Crippen LogP contribution in [-0.2, 0) is 47.7 Å². The number of hydrogen-bond donors (Lipinski definition) is 3. The smallest absolute Gasteiger partial charge is 0.351 e. The second-order valence-electron chi connectivity index (χ2n) is 17.7. The number of esters is 2. The van der Waals surface area contributed by atoms with Crippen LogP contribution in [0.4, 0.5) is 10.2 Å². The van der Waals surface area contributed by atoms with Crippen molar-refractivity contribution >= 4 is 46.5 Å². The Balaban J connectivity index is 1.53. The van der Waals surface area contributed by atoms with Crippen LogP contribution in [0.2, 0.25) is 0 Å². The van der Waals surface area contributed by atoms with Crippen molar-refractivity contribution in [2.24, 2.45) is 40.5 Å². The van der Waals surface area contributed by atoms with Crippen LogP contribution in [0.3, 0.4) is 0 Å². The van der Waals surface area contributed by atoms with Gasteiger partial charge in [0, 0.05) is 36.8 Å². The highest BCUT2D eigenvalue weighted by atomic mass is 32.1. The van der Waals surface area contributed by atoms with Crippen LogP contribution in [0.25, 0.3) is 10.7 Å². The first kappa shape index (κ1) is 48.8. The number of aliphatic hydroxyl groups excluding tert-OH is 1. The first-order valence-corrected chi connectivity index (χ1v) is 21.7. The molecule has 2 aromatic rings. The Morgan fingerprint density at radius 1 is 1.11 bits per heavy atom. The third kappa shape index (κ3) is 9.50. The molecule has 18 nitrogen and oxygen atoms in total. The zero-order valence-corrected chi connectivity index (χ0v) is 38.3. The maximum atomic E-state index is 17.0. The molecular weight excluding hydrogens is 830 g/mol. The Morgan fingerprint density at radius 3 is 2.40 bits per heavy atom. The molecule has 1 unspecified atom stereocenters. The van der Waals surface area contributed by atoms with Crippen LogP contribution in [0.15, 0.2) is 23.4 Å². The number of anilines is 1. The molecule has 3 fully saturated rings. The standard InChI is InChI=1S/C42H62FN7O11S/c1-13-26-42(9)29(28(37(54)60-42)34(45)49-61-23(6)35-47-48-36(62-35)24-15-14-16-27(44)46-24)21(4)30(51)19(2)18-40(7,56-12)33(22(5)32(53)41(8,43)39(55)58-26)59-38-31(52)25(50(10)11)17-20(3)57-38/h14-16,19-23,25-26,28-29,31,33,38,52H,13,17-18H2,1-12H3,(H2,44,46)(H2,45,49)/t19-,20-,21-,22+,23+,25+,26+,28-,29+,31-,33-,38?,40-,41+,42-/m1/s1. The summed E-state index contributed by atoms with van der Waals surface area (Å²) in [5.74, 6) is -9.85. The average Bonchev–Trinajstić information content (AvgIpc) is 3.82. The lowest BCUT2D eigenvalue weighted by Crippen LogP contribution is -2.61. The summed E-state index contributed by atoms with van der Waals surface area (Å²) in [6.07, 6.45) is -6.02. The molecule has 0 radical (unpaired) electrons. The fraction of sp³-hybridized carbons (Fsp3) is 0.714. The van der Waals surface area contributed by atoms with Gasteiger partial charge in [-0.2, -0.15) is 0 Å². The number of ether oxygens (including phenoxy) is 5. The number of amidine groups is 1. The number of carbonyl (C=O) groups is 4. The highest BCUT2D eigenvalue weighted by molar-refractivity contribution is 7.14. The van der Waals surface area contributed by atoms with Crippen LogP contribution in [-0.4, -0.2) is 129 Å². The summed E-state index contributed by atoms with van der Waals surface area (Å²) in [4.78, 5) is 68.9. The van der Waals surface area contributed by atoms with Crippen LogP contribution in [0, 0.1) is 29.6 Å². The Morgan fingerprint density at radius 2 is 1.79 bits per heavy atom. The molecule has 15 atom stereocenters. The molecule has 2 aromatic heterocycles. The molecule has 5 N–H and O–H groups in total. The van der Waals surface area contributed by atoms with E-state index in [-0.39, 0.29) is 30.6 Å². The Labute approximate surface area is 365 Å². The number of Topliss-reactive ketones (excluding diaryl/α,β-unsaturated/α-hetero) is 2. The summed E-state index contributed by atoms with van der Waals surface area (Å²) in [7, 11) is 4.97. The average molecular weight is 892 g/mol. The van der Waals surface area contributed by atoms with E-state index < -0.39 is 101 Å². The number of methoxy groups -OCH3 is 1. The van der Waals surface area contributed by atoms with Gasteiger partial charge in [0.2, 0.25) is 0 Å². The predicted octanol–water partition coefficient (Wildman–Crippen LogP) is 3.80. The number of nitrogens with zero attached hydrogens (tertiary/aromatic N) is 5. The van der Waals surface area contributed by atoms with Crippen molar-refractivity contribution in [1.82, 2.24) is 20.1 Å². The van der Waals surface area contributed by atoms with Gasteiger partial charge in [-0.1, -0.05) is 50.3 Å². The van der Waals surface area contributed by atoms with Gasteiger partial charge in [-0.3, -0.25) is 14.4 Å². The number of ketones is 2. The molecule has 3 aliphatic rings. The molecule has 0 amide bonds. The molecule has 0 saturated carbocycles. The Hall–Kier alpha value is -4.21. The predicted molar refractivity (Wildman–Crippen MR) is 225 cm³/mol. The normalized spacial score (nSPS) is 38.2. The molecule has 5 rings (SSSR count). The summed E-state index contributed by atoms with van der Waals surface area (Å²) >= 11 is 1.18. The number of oxime groups is 1. The minimum absolute atomic E-state index is 0.0173. The lowest BCUT2D eigenvalue weighted by atomic mass is 9.67. The van der Waals surface area contributed by atoms with Gasteiger partial charge >= 0.3 is 11.9 Å². The molecule has 3 saturated heterocycles. The number of fused-ring (bicyclic) bond motifs is 1. The monoisotopic (exact) mass is 891 g/mol. The van der Waals surface area contributed by atoms with E-state index in [0.717, 1.165) is 6.92 Å². The van der Waals surface area contributed by atoms with Crippen LogP contribution in [0.1, 0.15) is 92.7 Å². The van der Waals surface area contributed by atoms with Crippen molar-refractivity contribution in [2.45, 2.75) is 141 Å². The van der Waals surface area contributed by atoms with Crippen molar-refractivity contribution in [3.05, 3.63) is 23.2 Å². The van der Waals surface area contributed by atoms with Crippen LogP contribution >= 0.6 is 11.3 Å². The van der Waals surface area contributed by atoms with Gasteiger partial charge in [0.15, 0.2) is 39.6 Å². The SMILES string of the molecule is CC[C@@H]1OC(=O)[C@@](C)(F)C(=O)[C@H](C)[C@@H](OC2O[C@H](C)C[C@H](N(C)C)[C@H]2O)[C@](C)(OC)C[C@@H](C)C(=O)[C@H](C)[C@H]2[C@H](/C(N)=N/O[C@@H](C)c3nnc(-c4cccc(N)n4)s3)C(=O)O[C@@]21C. The number of nitrogen functional groups attached to an aromatic ring is 1. The zero-order chi connectivity index (χ0) is 46.2. The van der Waals surface area contributed by atoms with E-state index in [4.69, 9.17) is 40.0 Å².